The molecule has 4 rings (SSSR count). The molecule has 29 heavy (non-hydrogen) atoms. The number of amides is 1. The van der Waals surface area contributed by atoms with Crippen molar-refractivity contribution in [2.45, 2.75) is 12.6 Å². The highest BCUT2D eigenvalue weighted by atomic mass is 19.1. The van der Waals surface area contributed by atoms with Crippen molar-refractivity contribution >= 4 is 11.5 Å². The fraction of sp³-hybridized carbons (Fsp3) is 0.125. The number of benzene rings is 3. The number of hydrogen-bond donors (Lipinski definition) is 1. The van der Waals surface area contributed by atoms with Gasteiger partial charge in [-0.25, -0.2) is 4.39 Å². The Morgan fingerprint density at radius 2 is 1.72 bits per heavy atom. The van der Waals surface area contributed by atoms with Gasteiger partial charge in [0.25, 0.3) is 5.91 Å². The average Bonchev–Trinajstić information content (AvgIpc) is 3.00. The van der Waals surface area contributed by atoms with Crippen LogP contribution < -0.4 is 4.74 Å². The Kier molecular flexibility index (Phi) is 5.04. The van der Waals surface area contributed by atoms with Crippen LogP contribution in [0, 0.1) is 5.82 Å². The third kappa shape index (κ3) is 3.59. The molecule has 1 amide bonds. The van der Waals surface area contributed by atoms with Crippen molar-refractivity contribution < 1.29 is 19.0 Å². The molecule has 5 heteroatoms. The van der Waals surface area contributed by atoms with Crippen LogP contribution in [-0.2, 0) is 11.3 Å². The van der Waals surface area contributed by atoms with Crippen LogP contribution in [0.3, 0.4) is 0 Å². The zero-order chi connectivity index (χ0) is 20.4. The monoisotopic (exact) mass is 389 g/mol. The highest BCUT2D eigenvalue weighted by Gasteiger charge is 2.40. The van der Waals surface area contributed by atoms with Crippen molar-refractivity contribution in [3.63, 3.8) is 0 Å². The molecule has 0 fully saturated rings. The lowest BCUT2D eigenvalue weighted by Gasteiger charge is -2.27. The number of ether oxygens (including phenoxy) is 1. The van der Waals surface area contributed by atoms with Gasteiger partial charge in [0.15, 0.2) is 5.76 Å². The molecule has 0 saturated carbocycles. The maximum Gasteiger partial charge on any atom is 0.290 e. The summed E-state index contributed by atoms with van der Waals surface area (Å²) < 4.78 is 18.7. The lowest BCUT2D eigenvalue weighted by atomic mass is 9.93. The molecule has 1 unspecified atom stereocenters. The molecule has 1 N–H and O–H groups in total. The van der Waals surface area contributed by atoms with Crippen LogP contribution in [-0.4, -0.2) is 23.0 Å². The third-order valence-electron chi connectivity index (χ3n) is 5.06. The number of nitrogens with zero attached hydrogens (tertiary/aromatic N) is 1. The first-order valence-corrected chi connectivity index (χ1v) is 9.26. The molecule has 3 aromatic carbocycles. The second-order valence-electron chi connectivity index (χ2n) is 6.87. The summed E-state index contributed by atoms with van der Waals surface area (Å²) in [6, 6.07) is 22.3. The number of hydrogen-bond acceptors (Lipinski definition) is 3. The molecule has 1 aliphatic rings. The quantitative estimate of drug-likeness (QED) is 0.676. The Bertz CT molecular complexity index is 1060. The van der Waals surface area contributed by atoms with E-state index in [1.165, 1.54) is 12.1 Å². The molecule has 1 heterocycles. The van der Waals surface area contributed by atoms with Gasteiger partial charge in [-0.15, -0.1) is 0 Å². The number of rotatable bonds is 5. The minimum atomic E-state index is -0.486. The summed E-state index contributed by atoms with van der Waals surface area (Å²) in [7, 11) is 1.59. The molecule has 1 aliphatic heterocycles. The number of halogens is 1. The van der Waals surface area contributed by atoms with Crippen molar-refractivity contribution in [1.29, 1.82) is 0 Å². The summed E-state index contributed by atoms with van der Waals surface area (Å²) >= 11 is 0. The van der Waals surface area contributed by atoms with Crippen LogP contribution in [0.4, 0.5) is 4.39 Å². The van der Waals surface area contributed by atoms with E-state index in [4.69, 9.17) is 4.74 Å². The molecule has 3 aromatic rings. The Morgan fingerprint density at radius 3 is 2.41 bits per heavy atom. The highest BCUT2D eigenvalue weighted by molar-refractivity contribution is 6.05. The van der Waals surface area contributed by atoms with Gasteiger partial charge < -0.3 is 14.7 Å². The summed E-state index contributed by atoms with van der Waals surface area (Å²) in [6.45, 7) is 0.296. The standard InChI is InChI=1S/C24H20FNO3/c1-29-20-9-5-6-16(14-20)15-26-22(18-7-3-2-4-8-18)21(23(27)24(26)28)17-10-12-19(25)13-11-17/h2-14,22,27H,15H2,1H3. The maximum absolute atomic E-state index is 13.4. The zero-order valence-electron chi connectivity index (χ0n) is 15.9. The van der Waals surface area contributed by atoms with Crippen LogP contribution in [0.2, 0.25) is 0 Å². The number of aliphatic hydroxyl groups excluding tert-OH is 1. The molecule has 0 radical (unpaired) electrons. The second kappa shape index (κ2) is 7.80. The van der Waals surface area contributed by atoms with E-state index in [1.807, 2.05) is 54.6 Å². The van der Waals surface area contributed by atoms with Gasteiger partial charge in [-0.05, 0) is 41.0 Å². The van der Waals surface area contributed by atoms with E-state index in [1.54, 1.807) is 24.1 Å². The second-order valence-corrected chi connectivity index (χ2v) is 6.87. The third-order valence-corrected chi connectivity index (χ3v) is 5.06. The zero-order valence-corrected chi connectivity index (χ0v) is 15.9. The van der Waals surface area contributed by atoms with E-state index in [0.717, 1.165) is 11.1 Å². The van der Waals surface area contributed by atoms with Gasteiger partial charge in [0.05, 0.1) is 13.2 Å². The van der Waals surface area contributed by atoms with Crippen molar-refractivity contribution in [3.8, 4) is 5.75 Å². The first-order valence-electron chi connectivity index (χ1n) is 9.26. The van der Waals surface area contributed by atoms with Gasteiger partial charge >= 0.3 is 0 Å². The first-order chi connectivity index (χ1) is 14.1. The Hall–Kier alpha value is -3.60. The maximum atomic E-state index is 13.4. The van der Waals surface area contributed by atoms with Crippen molar-refractivity contribution in [2.75, 3.05) is 7.11 Å². The smallest absolute Gasteiger partial charge is 0.290 e. The topological polar surface area (TPSA) is 49.8 Å². The van der Waals surface area contributed by atoms with Crippen LogP contribution >= 0.6 is 0 Å². The van der Waals surface area contributed by atoms with Gasteiger partial charge in [-0.2, -0.15) is 0 Å². The van der Waals surface area contributed by atoms with Crippen LogP contribution in [0.5, 0.6) is 5.75 Å². The number of carbonyl (C=O) groups excluding carboxylic acids is 1. The van der Waals surface area contributed by atoms with E-state index < -0.39 is 11.9 Å². The molecular formula is C24H20FNO3. The summed E-state index contributed by atoms with van der Waals surface area (Å²) in [5.41, 5.74) is 2.84. The van der Waals surface area contributed by atoms with Gasteiger partial charge in [0.1, 0.15) is 11.6 Å². The van der Waals surface area contributed by atoms with Gasteiger partial charge in [-0.3, -0.25) is 4.79 Å². The lowest BCUT2D eigenvalue weighted by Crippen LogP contribution is -2.29. The molecule has 1 atom stereocenters. The Balaban J connectivity index is 1.79. The lowest BCUT2D eigenvalue weighted by molar-refractivity contribution is -0.130. The van der Waals surface area contributed by atoms with Crippen molar-refractivity contribution in [1.82, 2.24) is 4.90 Å². The SMILES string of the molecule is COc1cccc(CN2C(=O)C(O)=C(c3ccc(F)cc3)C2c2ccccc2)c1. The van der Waals surface area contributed by atoms with E-state index in [-0.39, 0.29) is 11.6 Å². The highest BCUT2D eigenvalue weighted by Crippen LogP contribution is 2.43. The minimum absolute atomic E-state index is 0.296. The molecule has 4 nitrogen and oxygen atoms in total. The van der Waals surface area contributed by atoms with Crippen LogP contribution in [0.25, 0.3) is 5.57 Å². The summed E-state index contributed by atoms with van der Waals surface area (Å²) in [5, 5.41) is 10.7. The van der Waals surface area contributed by atoms with E-state index in [9.17, 15) is 14.3 Å². The van der Waals surface area contributed by atoms with E-state index in [2.05, 4.69) is 0 Å². The number of carbonyl (C=O) groups is 1. The molecule has 0 spiro atoms. The van der Waals surface area contributed by atoms with Crippen molar-refractivity contribution in [2.24, 2.45) is 0 Å². The van der Waals surface area contributed by atoms with Gasteiger partial charge in [0.2, 0.25) is 0 Å². The van der Waals surface area contributed by atoms with E-state index in [0.29, 0.717) is 23.4 Å². The number of methoxy groups -OCH3 is 1. The van der Waals surface area contributed by atoms with Crippen LogP contribution in [0.1, 0.15) is 22.7 Å². The van der Waals surface area contributed by atoms with Gasteiger partial charge in [0, 0.05) is 12.1 Å². The molecule has 0 aromatic heterocycles. The predicted octanol–water partition coefficient (Wildman–Crippen LogP) is 4.89. The molecule has 0 bridgehead atoms. The normalized spacial score (nSPS) is 16.4. The fourth-order valence-electron chi connectivity index (χ4n) is 3.69. The fourth-order valence-corrected chi connectivity index (χ4v) is 3.69. The summed E-state index contributed by atoms with van der Waals surface area (Å²) in [5.74, 6) is -0.446. The average molecular weight is 389 g/mol. The first kappa shape index (κ1) is 18.7. The Morgan fingerprint density at radius 1 is 1.00 bits per heavy atom. The molecular weight excluding hydrogens is 369 g/mol. The molecule has 0 aliphatic carbocycles. The largest absolute Gasteiger partial charge is 0.503 e. The van der Waals surface area contributed by atoms with Crippen LogP contribution in [0.15, 0.2) is 84.6 Å². The number of aliphatic hydroxyl groups is 1. The van der Waals surface area contributed by atoms with Crippen molar-refractivity contribution in [3.05, 3.63) is 107 Å². The minimum Gasteiger partial charge on any atom is -0.503 e. The molecule has 146 valence electrons. The Labute approximate surface area is 168 Å². The van der Waals surface area contributed by atoms with E-state index >= 15 is 0 Å². The summed E-state index contributed by atoms with van der Waals surface area (Å²) in [4.78, 5) is 14.6. The predicted molar refractivity (Wildman–Crippen MR) is 109 cm³/mol. The van der Waals surface area contributed by atoms with Gasteiger partial charge in [-0.1, -0.05) is 54.6 Å². The molecule has 0 saturated heterocycles. The summed E-state index contributed by atoms with van der Waals surface area (Å²) in [6.07, 6.45) is 0.